The Kier molecular flexibility index (Phi) is 8.01. The normalized spacial score (nSPS) is 14.6. The number of aryl methyl sites for hydroxylation is 1. The molecule has 3 rings (SSSR count). The maximum atomic E-state index is 13.6. The lowest BCUT2D eigenvalue weighted by molar-refractivity contribution is -0.119. The highest BCUT2D eigenvalue weighted by Gasteiger charge is 2.28. The highest BCUT2D eigenvalue weighted by Crippen LogP contribution is 2.32. The van der Waals surface area contributed by atoms with E-state index < -0.39 is 10.0 Å². The van der Waals surface area contributed by atoms with Crippen LogP contribution < -0.4 is 19.1 Å². The van der Waals surface area contributed by atoms with Gasteiger partial charge in [-0.1, -0.05) is 37.0 Å². The van der Waals surface area contributed by atoms with Crippen LogP contribution in [0.2, 0.25) is 0 Å². The average Bonchev–Trinajstić information content (AvgIpc) is 2.82. The van der Waals surface area contributed by atoms with Gasteiger partial charge < -0.3 is 14.8 Å². The van der Waals surface area contributed by atoms with Gasteiger partial charge in [-0.15, -0.1) is 0 Å². The molecule has 0 radical (unpaired) electrons. The van der Waals surface area contributed by atoms with Crippen LogP contribution in [0, 0.1) is 12.8 Å². The third-order valence-electron chi connectivity index (χ3n) is 5.86. The van der Waals surface area contributed by atoms with Crippen LogP contribution in [-0.4, -0.2) is 41.6 Å². The van der Waals surface area contributed by atoms with Gasteiger partial charge >= 0.3 is 0 Å². The smallest absolute Gasteiger partial charge is 0.264 e. The number of benzene rings is 2. The first kappa shape index (κ1) is 23.9. The SMILES string of the molecule is COc1ccc(S(=O)(=O)N(CC(=O)NCC2CCCCC2)c2ccc(C)cc2)cc1OC. The Labute approximate surface area is 190 Å². The van der Waals surface area contributed by atoms with E-state index in [9.17, 15) is 13.2 Å². The Balaban J connectivity index is 1.86. The van der Waals surface area contributed by atoms with Crippen molar-refractivity contribution in [1.29, 1.82) is 0 Å². The zero-order chi connectivity index (χ0) is 23.1. The third-order valence-corrected chi connectivity index (χ3v) is 7.63. The van der Waals surface area contributed by atoms with Crippen LogP contribution in [-0.2, 0) is 14.8 Å². The van der Waals surface area contributed by atoms with E-state index in [0.29, 0.717) is 29.6 Å². The summed E-state index contributed by atoms with van der Waals surface area (Å²) in [5, 5.41) is 2.94. The van der Waals surface area contributed by atoms with Gasteiger partial charge in [-0.3, -0.25) is 9.10 Å². The summed E-state index contributed by atoms with van der Waals surface area (Å²) >= 11 is 0. The first-order valence-electron chi connectivity index (χ1n) is 10.9. The summed E-state index contributed by atoms with van der Waals surface area (Å²) in [5.74, 6) is 0.876. The summed E-state index contributed by atoms with van der Waals surface area (Å²) < 4.78 is 38.8. The number of ether oxygens (including phenoxy) is 2. The lowest BCUT2D eigenvalue weighted by Crippen LogP contribution is -2.42. The molecule has 1 N–H and O–H groups in total. The van der Waals surface area contributed by atoms with Crippen molar-refractivity contribution >= 4 is 21.6 Å². The fraction of sp³-hybridized carbons (Fsp3) is 0.458. The molecule has 1 aliphatic carbocycles. The molecule has 0 unspecified atom stereocenters. The second-order valence-corrected chi connectivity index (χ2v) is 10.0. The van der Waals surface area contributed by atoms with Crippen LogP contribution in [0.25, 0.3) is 0 Å². The largest absolute Gasteiger partial charge is 0.493 e. The van der Waals surface area contributed by atoms with Gasteiger partial charge in [-0.2, -0.15) is 0 Å². The maximum Gasteiger partial charge on any atom is 0.264 e. The number of amides is 1. The number of carbonyl (C=O) groups excluding carboxylic acids is 1. The zero-order valence-corrected chi connectivity index (χ0v) is 19.8. The van der Waals surface area contributed by atoms with Crippen LogP contribution in [0.1, 0.15) is 37.7 Å². The molecule has 0 aliphatic heterocycles. The van der Waals surface area contributed by atoms with Crippen molar-refractivity contribution in [1.82, 2.24) is 5.32 Å². The molecule has 0 bridgehead atoms. The van der Waals surface area contributed by atoms with Gasteiger partial charge in [0.2, 0.25) is 5.91 Å². The van der Waals surface area contributed by atoms with Crippen LogP contribution >= 0.6 is 0 Å². The number of hydrogen-bond acceptors (Lipinski definition) is 5. The molecule has 0 spiro atoms. The van der Waals surface area contributed by atoms with Crippen molar-refractivity contribution in [2.45, 2.75) is 43.9 Å². The molecule has 2 aromatic carbocycles. The predicted octanol–water partition coefficient (Wildman–Crippen LogP) is 3.90. The number of rotatable bonds is 9. The number of nitrogens with one attached hydrogen (secondary N) is 1. The molecule has 0 atom stereocenters. The van der Waals surface area contributed by atoms with Crippen LogP contribution in [0.15, 0.2) is 47.4 Å². The van der Waals surface area contributed by atoms with Gasteiger partial charge in [0.05, 0.1) is 24.8 Å². The minimum atomic E-state index is -4.03. The average molecular weight is 461 g/mol. The number of nitrogens with zero attached hydrogens (tertiary/aromatic N) is 1. The molecule has 7 nitrogen and oxygen atoms in total. The fourth-order valence-electron chi connectivity index (χ4n) is 3.97. The Hall–Kier alpha value is -2.74. The van der Waals surface area contributed by atoms with E-state index in [1.807, 2.05) is 19.1 Å². The minimum absolute atomic E-state index is 0.0239. The maximum absolute atomic E-state index is 13.6. The molecular formula is C24H32N2O5S. The van der Waals surface area contributed by atoms with E-state index in [1.54, 1.807) is 18.2 Å². The van der Waals surface area contributed by atoms with E-state index in [1.165, 1.54) is 45.6 Å². The van der Waals surface area contributed by atoms with Gasteiger partial charge in [-0.05, 0) is 49.9 Å². The molecule has 1 fully saturated rings. The van der Waals surface area contributed by atoms with Crippen LogP contribution in [0.3, 0.4) is 0 Å². The van der Waals surface area contributed by atoms with Crippen molar-refractivity contribution in [3.63, 3.8) is 0 Å². The standard InChI is InChI=1S/C24H32N2O5S/c1-18-9-11-20(12-10-18)26(17-24(27)25-16-19-7-5-4-6-8-19)32(28,29)21-13-14-22(30-2)23(15-21)31-3/h9-15,19H,4-8,16-17H2,1-3H3,(H,25,27). The Morgan fingerprint density at radius 3 is 2.28 bits per heavy atom. The fourth-order valence-corrected chi connectivity index (χ4v) is 5.40. The van der Waals surface area contributed by atoms with E-state index >= 15 is 0 Å². The van der Waals surface area contributed by atoms with Crippen molar-refractivity contribution in [2.24, 2.45) is 5.92 Å². The van der Waals surface area contributed by atoms with Gasteiger partial charge in [0.15, 0.2) is 11.5 Å². The predicted molar refractivity (Wildman–Crippen MR) is 125 cm³/mol. The summed E-state index contributed by atoms with van der Waals surface area (Å²) in [6.45, 7) is 2.21. The topological polar surface area (TPSA) is 84.9 Å². The first-order chi connectivity index (χ1) is 15.3. The molecule has 174 valence electrons. The number of hydrogen-bond donors (Lipinski definition) is 1. The summed E-state index contributed by atoms with van der Waals surface area (Å²) in [6, 6.07) is 11.5. The second kappa shape index (κ2) is 10.7. The molecular weight excluding hydrogens is 428 g/mol. The van der Waals surface area contributed by atoms with Crippen molar-refractivity contribution in [3.8, 4) is 11.5 Å². The monoisotopic (exact) mass is 460 g/mol. The Morgan fingerprint density at radius 1 is 1.00 bits per heavy atom. The van der Waals surface area contributed by atoms with Crippen molar-refractivity contribution in [3.05, 3.63) is 48.0 Å². The molecule has 32 heavy (non-hydrogen) atoms. The Bertz CT molecular complexity index is 1020. The molecule has 0 aromatic heterocycles. The van der Waals surface area contributed by atoms with Gasteiger partial charge in [-0.25, -0.2) is 8.42 Å². The van der Waals surface area contributed by atoms with E-state index in [0.717, 1.165) is 22.7 Å². The number of methoxy groups -OCH3 is 2. The van der Waals surface area contributed by atoms with Gasteiger partial charge in [0, 0.05) is 12.6 Å². The van der Waals surface area contributed by atoms with Gasteiger partial charge in [0.25, 0.3) is 10.0 Å². The Morgan fingerprint density at radius 2 is 1.66 bits per heavy atom. The lowest BCUT2D eigenvalue weighted by Gasteiger charge is -2.26. The number of carbonyl (C=O) groups is 1. The van der Waals surface area contributed by atoms with Crippen molar-refractivity contribution in [2.75, 3.05) is 31.6 Å². The zero-order valence-electron chi connectivity index (χ0n) is 19.0. The quantitative estimate of drug-likeness (QED) is 0.613. The highest BCUT2D eigenvalue weighted by molar-refractivity contribution is 7.92. The van der Waals surface area contributed by atoms with E-state index in [-0.39, 0.29) is 17.3 Å². The number of sulfonamides is 1. The second-order valence-electron chi connectivity index (χ2n) is 8.17. The molecule has 2 aromatic rings. The molecule has 8 heteroatoms. The third kappa shape index (κ3) is 5.73. The summed E-state index contributed by atoms with van der Waals surface area (Å²) in [4.78, 5) is 12.8. The lowest BCUT2D eigenvalue weighted by atomic mass is 9.89. The van der Waals surface area contributed by atoms with Crippen LogP contribution in [0.5, 0.6) is 11.5 Å². The first-order valence-corrected chi connectivity index (χ1v) is 12.4. The van der Waals surface area contributed by atoms with E-state index in [2.05, 4.69) is 5.32 Å². The number of anilines is 1. The van der Waals surface area contributed by atoms with Gasteiger partial charge in [0.1, 0.15) is 6.54 Å². The highest BCUT2D eigenvalue weighted by atomic mass is 32.2. The molecule has 1 aliphatic rings. The summed E-state index contributed by atoms with van der Waals surface area (Å²) in [6.07, 6.45) is 5.82. The minimum Gasteiger partial charge on any atom is -0.493 e. The van der Waals surface area contributed by atoms with Crippen LogP contribution in [0.4, 0.5) is 5.69 Å². The van der Waals surface area contributed by atoms with Crippen molar-refractivity contribution < 1.29 is 22.7 Å². The summed E-state index contributed by atoms with van der Waals surface area (Å²) in [5.41, 5.74) is 1.43. The molecule has 1 saturated carbocycles. The molecule has 1 amide bonds. The molecule has 0 heterocycles. The summed E-state index contributed by atoms with van der Waals surface area (Å²) in [7, 11) is -1.09. The van der Waals surface area contributed by atoms with E-state index in [4.69, 9.17) is 9.47 Å². The molecule has 0 saturated heterocycles.